The summed E-state index contributed by atoms with van der Waals surface area (Å²) >= 11 is 0. The number of pyridine rings is 1. The molecule has 0 radical (unpaired) electrons. The molecule has 2 aliphatic heterocycles. The Labute approximate surface area is 122 Å². The molecule has 1 aromatic rings. The van der Waals surface area contributed by atoms with Crippen molar-refractivity contribution in [2.24, 2.45) is 11.7 Å². The molecular formula is C16H26N4. The lowest BCUT2D eigenvalue weighted by Gasteiger charge is -2.35. The Morgan fingerprint density at radius 3 is 2.60 bits per heavy atom. The summed E-state index contributed by atoms with van der Waals surface area (Å²) < 4.78 is 0. The van der Waals surface area contributed by atoms with Crippen LogP contribution in [0.5, 0.6) is 0 Å². The average molecular weight is 274 g/mol. The van der Waals surface area contributed by atoms with E-state index in [4.69, 9.17) is 5.73 Å². The third-order valence-electron chi connectivity index (χ3n) is 4.70. The highest BCUT2D eigenvalue weighted by Gasteiger charge is 2.23. The second-order valence-corrected chi connectivity index (χ2v) is 6.15. The second kappa shape index (κ2) is 6.55. The molecule has 0 unspecified atom stereocenters. The van der Waals surface area contributed by atoms with Gasteiger partial charge in [0.1, 0.15) is 0 Å². The summed E-state index contributed by atoms with van der Waals surface area (Å²) in [6, 6.07) is 4.25. The van der Waals surface area contributed by atoms with Gasteiger partial charge in [0.05, 0.1) is 5.69 Å². The van der Waals surface area contributed by atoms with Gasteiger partial charge in [-0.15, -0.1) is 0 Å². The Hall–Kier alpha value is -1.13. The van der Waals surface area contributed by atoms with Gasteiger partial charge in [-0.05, 0) is 56.8 Å². The Bertz CT molecular complexity index is 420. The van der Waals surface area contributed by atoms with E-state index >= 15 is 0 Å². The zero-order chi connectivity index (χ0) is 13.8. The van der Waals surface area contributed by atoms with Crippen LogP contribution in [0.1, 0.15) is 31.4 Å². The Morgan fingerprint density at radius 1 is 1.15 bits per heavy atom. The van der Waals surface area contributed by atoms with Gasteiger partial charge in [0.25, 0.3) is 0 Å². The first-order valence-electron chi connectivity index (χ1n) is 7.97. The summed E-state index contributed by atoms with van der Waals surface area (Å²) in [5.74, 6) is 0.889. The molecule has 2 N–H and O–H groups in total. The molecule has 3 rings (SSSR count). The van der Waals surface area contributed by atoms with Crippen LogP contribution in [0.15, 0.2) is 18.3 Å². The lowest BCUT2D eigenvalue weighted by atomic mass is 9.96. The lowest BCUT2D eigenvalue weighted by Crippen LogP contribution is -2.38. The molecule has 110 valence electrons. The lowest BCUT2D eigenvalue weighted by molar-refractivity contribution is 0.249. The number of hydrogen-bond donors (Lipinski definition) is 1. The highest BCUT2D eigenvalue weighted by molar-refractivity contribution is 5.46. The van der Waals surface area contributed by atoms with Gasteiger partial charge in [-0.2, -0.15) is 0 Å². The molecule has 2 fully saturated rings. The number of rotatable bonds is 4. The summed E-state index contributed by atoms with van der Waals surface area (Å²) in [5.41, 5.74) is 7.95. The minimum Gasteiger partial charge on any atom is -0.371 e. The summed E-state index contributed by atoms with van der Waals surface area (Å²) in [4.78, 5) is 9.42. The number of piperidine rings is 1. The Morgan fingerprint density at radius 2 is 1.90 bits per heavy atom. The van der Waals surface area contributed by atoms with Crippen LogP contribution in [0.25, 0.3) is 0 Å². The fraction of sp³-hybridized carbons (Fsp3) is 0.688. The predicted molar refractivity (Wildman–Crippen MR) is 82.7 cm³/mol. The maximum absolute atomic E-state index is 5.68. The van der Waals surface area contributed by atoms with Crippen LogP contribution in [0.3, 0.4) is 0 Å². The van der Waals surface area contributed by atoms with E-state index in [9.17, 15) is 0 Å². The van der Waals surface area contributed by atoms with Crippen molar-refractivity contribution in [3.05, 3.63) is 24.0 Å². The molecule has 0 bridgehead atoms. The van der Waals surface area contributed by atoms with Gasteiger partial charge in [-0.1, -0.05) is 0 Å². The van der Waals surface area contributed by atoms with Crippen LogP contribution in [0, 0.1) is 5.92 Å². The van der Waals surface area contributed by atoms with Crippen molar-refractivity contribution in [1.82, 2.24) is 9.88 Å². The monoisotopic (exact) mass is 274 g/mol. The molecule has 20 heavy (non-hydrogen) atoms. The third kappa shape index (κ3) is 3.30. The Balaban J connectivity index is 1.52. The molecule has 1 aromatic heterocycles. The summed E-state index contributed by atoms with van der Waals surface area (Å²) in [6.45, 7) is 6.84. The van der Waals surface area contributed by atoms with E-state index in [0.29, 0.717) is 6.54 Å². The smallest absolute Gasteiger partial charge is 0.0560 e. The number of nitrogens with two attached hydrogens (primary N) is 1. The number of likely N-dealkylation sites (tertiary alicyclic amines) is 1. The zero-order valence-electron chi connectivity index (χ0n) is 12.3. The molecule has 0 saturated carbocycles. The number of nitrogens with zero attached hydrogens (tertiary/aromatic N) is 3. The molecule has 0 aromatic carbocycles. The zero-order valence-corrected chi connectivity index (χ0v) is 12.3. The number of hydrogen-bond acceptors (Lipinski definition) is 4. The third-order valence-corrected chi connectivity index (χ3v) is 4.70. The molecule has 0 amide bonds. The maximum atomic E-state index is 5.68. The molecular weight excluding hydrogens is 248 g/mol. The van der Waals surface area contributed by atoms with Crippen molar-refractivity contribution in [2.45, 2.75) is 32.2 Å². The maximum Gasteiger partial charge on any atom is 0.0560 e. The van der Waals surface area contributed by atoms with Gasteiger partial charge in [-0.3, -0.25) is 4.98 Å². The summed E-state index contributed by atoms with van der Waals surface area (Å²) in [5, 5.41) is 0. The molecule has 0 spiro atoms. The summed E-state index contributed by atoms with van der Waals surface area (Å²) in [7, 11) is 0. The summed E-state index contributed by atoms with van der Waals surface area (Å²) in [6.07, 6.45) is 7.32. The van der Waals surface area contributed by atoms with E-state index in [1.54, 1.807) is 0 Å². The fourth-order valence-corrected chi connectivity index (χ4v) is 3.48. The first kappa shape index (κ1) is 13.8. The van der Waals surface area contributed by atoms with Crippen molar-refractivity contribution >= 4 is 5.69 Å². The highest BCUT2D eigenvalue weighted by Crippen LogP contribution is 2.25. The first-order valence-corrected chi connectivity index (χ1v) is 7.97. The van der Waals surface area contributed by atoms with Crippen LogP contribution in [-0.2, 0) is 6.54 Å². The molecule has 4 nitrogen and oxygen atoms in total. The normalized spacial score (nSPS) is 21.6. The van der Waals surface area contributed by atoms with Crippen LogP contribution in [0.2, 0.25) is 0 Å². The van der Waals surface area contributed by atoms with E-state index in [1.165, 1.54) is 64.1 Å². The van der Waals surface area contributed by atoms with E-state index in [1.807, 2.05) is 6.20 Å². The van der Waals surface area contributed by atoms with Crippen LogP contribution in [-0.4, -0.2) is 42.6 Å². The molecule has 3 heterocycles. The van der Waals surface area contributed by atoms with Gasteiger partial charge in [0.15, 0.2) is 0 Å². The Kier molecular flexibility index (Phi) is 4.53. The van der Waals surface area contributed by atoms with E-state index in [2.05, 4.69) is 26.9 Å². The number of aromatic nitrogens is 1. The molecule has 2 saturated heterocycles. The first-order chi connectivity index (χ1) is 9.85. The van der Waals surface area contributed by atoms with Crippen LogP contribution < -0.4 is 10.6 Å². The van der Waals surface area contributed by atoms with Gasteiger partial charge in [0.2, 0.25) is 0 Å². The number of anilines is 1. The SMILES string of the molecule is NCc1cc(N2CCC(CN3CCCC3)CC2)ccn1. The topological polar surface area (TPSA) is 45.4 Å². The van der Waals surface area contributed by atoms with Crippen molar-refractivity contribution in [3.63, 3.8) is 0 Å². The standard InChI is InChI=1S/C16H26N4/c17-12-15-11-16(3-6-18-15)20-9-4-14(5-10-20)13-19-7-1-2-8-19/h3,6,11,14H,1-2,4-5,7-10,12-13,17H2. The van der Waals surface area contributed by atoms with Gasteiger partial charge >= 0.3 is 0 Å². The van der Waals surface area contributed by atoms with Crippen LogP contribution in [0.4, 0.5) is 5.69 Å². The van der Waals surface area contributed by atoms with Gasteiger partial charge < -0.3 is 15.5 Å². The highest BCUT2D eigenvalue weighted by atomic mass is 15.2. The van der Waals surface area contributed by atoms with E-state index in [-0.39, 0.29) is 0 Å². The molecule has 0 aliphatic carbocycles. The van der Waals surface area contributed by atoms with Gasteiger partial charge in [-0.25, -0.2) is 0 Å². The van der Waals surface area contributed by atoms with Crippen molar-refractivity contribution in [1.29, 1.82) is 0 Å². The van der Waals surface area contributed by atoms with Crippen molar-refractivity contribution in [2.75, 3.05) is 37.6 Å². The van der Waals surface area contributed by atoms with Crippen LogP contribution >= 0.6 is 0 Å². The van der Waals surface area contributed by atoms with Gasteiger partial charge in [0, 0.05) is 38.1 Å². The van der Waals surface area contributed by atoms with Crippen molar-refractivity contribution < 1.29 is 0 Å². The quantitative estimate of drug-likeness (QED) is 0.910. The van der Waals surface area contributed by atoms with E-state index < -0.39 is 0 Å². The minimum absolute atomic E-state index is 0.527. The minimum atomic E-state index is 0.527. The van der Waals surface area contributed by atoms with Crippen molar-refractivity contribution in [3.8, 4) is 0 Å². The molecule has 2 aliphatic rings. The average Bonchev–Trinajstić information content (AvgIpc) is 3.01. The molecule has 0 atom stereocenters. The largest absolute Gasteiger partial charge is 0.371 e. The predicted octanol–water partition coefficient (Wildman–Crippen LogP) is 1.85. The fourth-order valence-electron chi connectivity index (χ4n) is 3.48. The second-order valence-electron chi connectivity index (χ2n) is 6.15. The molecule has 4 heteroatoms. The van der Waals surface area contributed by atoms with E-state index in [0.717, 1.165) is 11.6 Å².